The lowest BCUT2D eigenvalue weighted by atomic mass is 9.90. The van der Waals surface area contributed by atoms with E-state index in [-0.39, 0.29) is 6.04 Å². The molecule has 1 saturated carbocycles. The zero-order valence-corrected chi connectivity index (χ0v) is 16.7. The van der Waals surface area contributed by atoms with Gasteiger partial charge in [-0.3, -0.25) is 4.90 Å². The van der Waals surface area contributed by atoms with Crippen LogP contribution in [-0.4, -0.2) is 63.9 Å². The average molecular weight is 407 g/mol. The molecule has 30 heavy (non-hydrogen) atoms. The summed E-state index contributed by atoms with van der Waals surface area (Å²) in [5, 5.41) is 16.4. The number of nitrogens with one attached hydrogen (secondary N) is 2. The number of hydrogen-bond donors (Lipinski definition) is 3. The second-order valence-corrected chi connectivity index (χ2v) is 8.35. The molecule has 2 fully saturated rings. The Morgan fingerprint density at radius 1 is 1.17 bits per heavy atom. The van der Waals surface area contributed by atoms with Crippen molar-refractivity contribution in [3.63, 3.8) is 0 Å². The monoisotopic (exact) mass is 407 g/mol. The number of rotatable bonds is 4. The van der Waals surface area contributed by atoms with Gasteiger partial charge in [0.2, 0.25) is 0 Å². The summed E-state index contributed by atoms with van der Waals surface area (Å²) in [7, 11) is 0. The maximum atomic E-state index is 12.1. The van der Waals surface area contributed by atoms with Crippen LogP contribution in [0.1, 0.15) is 30.0 Å². The number of benzene rings is 1. The molecule has 0 spiro atoms. The highest BCUT2D eigenvalue weighted by Gasteiger charge is 2.48. The van der Waals surface area contributed by atoms with Crippen LogP contribution >= 0.6 is 0 Å². The largest absolute Gasteiger partial charge is 0.491 e. The number of aromatic amines is 1. The van der Waals surface area contributed by atoms with Crippen LogP contribution in [-0.2, 0) is 10.5 Å². The van der Waals surface area contributed by atoms with Gasteiger partial charge in [0.15, 0.2) is 5.72 Å². The fraction of sp³-hybridized carbons (Fsp3) is 0.455. The molecule has 0 radical (unpaired) electrons. The first-order valence-corrected chi connectivity index (χ1v) is 10.6. The van der Waals surface area contributed by atoms with Gasteiger partial charge in [0.25, 0.3) is 0 Å². The summed E-state index contributed by atoms with van der Waals surface area (Å²) in [5.41, 5.74) is 1.35. The first-order valence-electron chi connectivity index (χ1n) is 10.6. The first kappa shape index (κ1) is 18.1. The Bertz CT molecular complexity index is 1080. The predicted molar refractivity (Wildman–Crippen MR) is 112 cm³/mol. The average Bonchev–Trinajstić information content (AvgIpc) is 3.53. The molecule has 2 atom stereocenters. The normalized spacial score (nSPS) is 26.9. The molecule has 2 aromatic heterocycles. The van der Waals surface area contributed by atoms with E-state index in [2.05, 4.69) is 31.2 Å². The Morgan fingerprint density at radius 2 is 2.00 bits per heavy atom. The van der Waals surface area contributed by atoms with E-state index in [4.69, 9.17) is 9.47 Å². The quantitative estimate of drug-likeness (QED) is 0.571. The summed E-state index contributed by atoms with van der Waals surface area (Å²) in [6.07, 6.45) is 3.95. The third kappa shape index (κ3) is 2.94. The number of hydrogen-bond acceptors (Lipinski definition) is 7. The lowest BCUT2D eigenvalue weighted by molar-refractivity contribution is -0.0911. The zero-order valence-electron chi connectivity index (χ0n) is 16.7. The zero-order chi connectivity index (χ0) is 20.1. The van der Waals surface area contributed by atoms with Gasteiger partial charge in [-0.2, -0.15) is 0 Å². The van der Waals surface area contributed by atoms with Crippen LogP contribution in [0.2, 0.25) is 0 Å². The van der Waals surface area contributed by atoms with Gasteiger partial charge in [-0.25, -0.2) is 9.97 Å². The number of ether oxygens (including phenoxy) is 2. The third-order valence-corrected chi connectivity index (χ3v) is 6.44. The highest BCUT2D eigenvalue weighted by Crippen LogP contribution is 2.43. The molecular weight excluding hydrogens is 382 g/mol. The van der Waals surface area contributed by atoms with Crippen molar-refractivity contribution in [3.05, 3.63) is 47.9 Å². The molecule has 6 rings (SSSR count). The Balaban J connectivity index is 1.43. The van der Waals surface area contributed by atoms with E-state index in [0.29, 0.717) is 37.3 Å². The summed E-state index contributed by atoms with van der Waals surface area (Å²) in [5.74, 6) is 1.90. The molecule has 3 aromatic rings. The molecule has 0 amide bonds. The summed E-state index contributed by atoms with van der Waals surface area (Å²) >= 11 is 0. The molecule has 0 bridgehead atoms. The second-order valence-electron chi connectivity index (χ2n) is 8.35. The van der Waals surface area contributed by atoms with E-state index in [1.807, 2.05) is 24.3 Å². The van der Waals surface area contributed by atoms with Crippen molar-refractivity contribution in [1.82, 2.24) is 19.9 Å². The van der Waals surface area contributed by atoms with Gasteiger partial charge < -0.3 is 24.9 Å². The maximum absolute atomic E-state index is 12.1. The first-order chi connectivity index (χ1) is 14.7. The SMILES string of the molecule is OC1(Nc2ncnc3[nH]c(C4CC4)cc23)c2ccccc2OC[C@@H]1N1CCOCC1. The maximum Gasteiger partial charge on any atom is 0.186 e. The summed E-state index contributed by atoms with van der Waals surface area (Å²) < 4.78 is 11.6. The van der Waals surface area contributed by atoms with E-state index < -0.39 is 5.72 Å². The van der Waals surface area contributed by atoms with E-state index in [1.165, 1.54) is 24.9 Å². The van der Waals surface area contributed by atoms with Gasteiger partial charge in [-0.05, 0) is 30.9 Å². The van der Waals surface area contributed by atoms with Gasteiger partial charge in [0.1, 0.15) is 30.1 Å². The topological polar surface area (TPSA) is 95.5 Å². The molecule has 2 aliphatic heterocycles. The molecule has 1 aromatic carbocycles. The molecule has 3 aliphatic rings. The minimum atomic E-state index is -1.36. The van der Waals surface area contributed by atoms with Gasteiger partial charge in [0, 0.05) is 24.3 Å². The summed E-state index contributed by atoms with van der Waals surface area (Å²) in [6.45, 7) is 3.17. The number of morpholine rings is 1. The van der Waals surface area contributed by atoms with E-state index in [0.717, 1.165) is 29.7 Å². The van der Waals surface area contributed by atoms with Gasteiger partial charge in [0.05, 0.1) is 24.6 Å². The molecular formula is C22H25N5O3. The lowest BCUT2D eigenvalue weighted by Crippen LogP contribution is -2.62. The van der Waals surface area contributed by atoms with E-state index >= 15 is 0 Å². The highest BCUT2D eigenvalue weighted by atomic mass is 16.5. The van der Waals surface area contributed by atoms with Crippen LogP contribution in [0.15, 0.2) is 36.7 Å². The Hall–Kier alpha value is -2.68. The third-order valence-electron chi connectivity index (χ3n) is 6.44. The van der Waals surface area contributed by atoms with Crippen LogP contribution in [0.5, 0.6) is 5.75 Å². The lowest BCUT2D eigenvalue weighted by Gasteiger charge is -2.47. The minimum Gasteiger partial charge on any atom is -0.491 e. The smallest absolute Gasteiger partial charge is 0.186 e. The Morgan fingerprint density at radius 3 is 2.83 bits per heavy atom. The van der Waals surface area contributed by atoms with Crippen LogP contribution in [0.3, 0.4) is 0 Å². The minimum absolute atomic E-state index is 0.275. The standard InChI is InChI=1S/C22H25N5O3/c28-22(26-21-15-11-17(14-5-6-14)25-20(15)23-13-24-21)16-3-1-2-4-18(16)30-12-19(22)27-7-9-29-10-8-27/h1-4,11,13-14,19,28H,5-10,12H2,(H2,23,24,25,26)/t19-,22?/m0/s1. The van der Waals surface area contributed by atoms with Gasteiger partial charge >= 0.3 is 0 Å². The molecule has 1 aliphatic carbocycles. The van der Waals surface area contributed by atoms with Crippen molar-refractivity contribution in [2.75, 3.05) is 38.2 Å². The second kappa shape index (κ2) is 6.94. The molecule has 1 unspecified atom stereocenters. The number of fused-ring (bicyclic) bond motifs is 2. The Kier molecular flexibility index (Phi) is 4.19. The van der Waals surface area contributed by atoms with Crippen LogP contribution in [0, 0.1) is 0 Å². The molecule has 4 heterocycles. The fourth-order valence-electron chi connectivity index (χ4n) is 4.64. The number of aromatic nitrogens is 3. The van der Waals surface area contributed by atoms with Crippen molar-refractivity contribution in [2.45, 2.75) is 30.5 Å². The number of anilines is 1. The highest BCUT2D eigenvalue weighted by molar-refractivity contribution is 5.88. The molecule has 3 N–H and O–H groups in total. The molecule has 8 heteroatoms. The summed E-state index contributed by atoms with van der Waals surface area (Å²) in [4.78, 5) is 14.6. The van der Waals surface area contributed by atoms with Crippen LogP contribution < -0.4 is 10.1 Å². The summed E-state index contributed by atoms with van der Waals surface area (Å²) in [6, 6.07) is 9.50. The number of para-hydroxylation sites is 1. The van der Waals surface area contributed by atoms with E-state index in [1.54, 1.807) is 0 Å². The fourth-order valence-corrected chi connectivity index (χ4v) is 4.64. The number of nitrogens with zero attached hydrogens (tertiary/aromatic N) is 3. The number of H-pyrrole nitrogens is 1. The van der Waals surface area contributed by atoms with Crippen LogP contribution in [0.4, 0.5) is 5.82 Å². The predicted octanol–water partition coefficient (Wildman–Crippen LogP) is 2.19. The van der Waals surface area contributed by atoms with E-state index in [9.17, 15) is 5.11 Å². The van der Waals surface area contributed by atoms with Gasteiger partial charge in [-0.15, -0.1) is 0 Å². The van der Waals surface area contributed by atoms with Crippen LogP contribution in [0.25, 0.3) is 11.0 Å². The Labute approximate surface area is 174 Å². The molecule has 1 saturated heterocycles. The van der Waals surface area contributed by atoms with Crippen molar-refractivity contribution < 1.29 is 14.6 Å². The molecule has 8 nitrogen and oxygen atoms in total. The number of aliphatic hydroxyl groups is 1. The van der Waals surface area contributed by atoms with Crippen molar-refractivity contribution in [1.29, 1.82) is 0 Å². The van der Waals surface area contributed by atoms with Crippen molar-refractivity contribution >= 4 is 16.9 Å². The van der Waals surface area contributed by atoms with Gasteiger partial charge in [-0.1, -0.05) is 18.2 Å². The van der Waals surface area contributed by atoms with Crippen molar-refractivity contribution in [3.8, 4) is 5.75 Å². The molecule has 156 valence electrons. The van der Waals surface area contributed by atoms with Crippen molar-refractivity contribution in [2.24, 2.45) is 0 Å².